The summed E-state index contributed by atoms with van der Waals surface area (Å²) < 4.78 is 0. The summed E-state index contributed by atoms with van der Waals surface area (Å²) in [5.74, 6) is 1.00. The van der Waals surface area contributed by atoms with Crippen molar-refractivity contribution in [2.45, 2.75) is 44.9 Å². The van der Waals surface area contributed by atoms with Crippen LogP contribution >= 0.6 is 0 Å². The van der Waals surface area contributed by atoms with Crippen molar-refractivity contribution in [1.29, 1.82) is 0 Å². The van der Waals surface area contributed by atoms with Crippen LogP contribution in [0.15, 0.2) is 0 Å². The summed E-state index contributed by atoms with van der Waals surface area (Å²) in [5.41, 5.74) is 0. The monoisotopic (exact) mass is 267 g/mol. The van der Waals surface area contributed by atoms with E-state index in [1.807, 2.05) is 0 Å². The van der Waals surface area contributed by atoms with E-state index in [-0.39, 0.29) is 5.91 Å². The van der Waals surface area contributed by atoms with Crippen LogP contribution in [0.25, 0.3) is 0 Å². The molecule has 2 N–H and O–H groups in total. The van der Waals surface area contributed by atoms with Gasteiger partial charge in [-0.25, -0.2) is 0 Å². The van der Waals surface area contributed by atoms with Gasteiger partial charge < -0.3 is 15.5 Å². The van der Waals surface area contributed by atoms with Crippen LogP contribution in [0.5, 0.6) is 0 Å². The van der Waals surface area contributed by atoms with Crippen molar-refractivity contribution in [2.24, 2.45) is 5.92 Å². The van der Waals surface area contributed by atoms with Crippen molar-refractivity contribution in [2.75, 3.05) is 39.3 Å². The number of amides is 1. The molecule has 2 aliphatic rings. The maximum Gasteiger partial charge on any atom is 0.220 e. The van der Waals surface area contributed by atoms with Gasteiger partial charge in [0.05, 0.1) is 0 Å². The molecule has 1 amide bonds. The van der Waals surface area contributed by atoms with Crippen LogP contribution in [0.2, 0.25) is 0 Å². The lowest BCUT2D eigenvalue weighted by molar-refractivity contribution is -0.121. The highest BCUT2D eigenvalue weighted by Gasteiger charge is 2.14. The minimum absolute atomic E-state index is 0.246. The highest BCUT2D eigenvalue weighted by atomic mass is 16.1. The lowest BCUT2D eigenvalue weighted by Gasteiger charge is -2.26. The lowest BCUT2D eigenvalue weighted by atomic mass is 9.93. The first-order valence-electron chi connectivity index (χ1n) is 8.04. The fourth-order valence-electron chi connectivity index (χ4n) is 3.13. The highest BCUT2D eigenvalue weighted by molar-refractivity contribution is 5.75. The van der Waals surface area contributed by atoms with Crippen molar-refractivity contribution in [3.8, 4) is 0 Å². The largest absolute Gasteiger partial charge is 0.355 e. The summed E-state index contributed by atoms with van der Waals surface area (Å²) in [6, 6.07) is 0. The van der Waals surface area contributed by atoms with Gasteiger partial charge in [0.1, 0.15) is 0 Å². The maximum atomic E-state index is 11.8. The average molecular weight is 267 g/mol. The minimum atomic E-state index is 0.246. The fourth-order valence-corrected chi connectivity index (χ4v) is 3.13. The third kappa shape index (κ3) is 5.91. The average Bonchev–Trinajstić information content (AvgIpc) is 2.47. The lowest BCUT2D eigenvalue weighted by Crippen LogP contribution is -2.37. The third-order valence-electron chi connectivity index (χ3n) is 4.44. The van der Waals surface area contributed by atoms with Crippen LogP contribution < -0.4 is 10.6 Å². The molecule has 4 heteroatoms. The Morgan fingerprint density at radius 3 is 2.63 bits per heavy atom. The summed E-state index contributed by atoms with van der Waals surface area (Å²) in [5, 5.41) is 6.44. The van der Waals surface area contributed by atoms with Gasteiger partial charge in [0.25, 0.3) is 0 Å². The molecule has 0 spiro atoms. The molecule has 2 aliphatic heterocycles. The number of piperidine rings is 2. The molecular formula is C15H29N3O. The third-order valence-corrected chi connectivity index (χ3v) is 4.44. The smallest absolute Gasteiger partial charge is 0.220 e. The second-order valence-electron chi connectivity index (χ2n) is 5.98. The highest BCUT2D eigenvalue weighted by Crippen LogP contribution is 2.17. The number of nitrogens with one attached hydrogen (secondary N) is 2. The van der Waals surface area contributed by atoms with Gasteiger partial charge in [-0.15, -0.1) is 0 Å². The van der Waals surface area contributed by atoms with Crippen molar-refractivity contribution in [3.05, 3.63) is 0 Å². The molecule has 110 valence electrons. The predicted molar refractivity (Wildman–Crippen MR) is 78.1 cm³/mol. The van der Waals surface area contributed by atoms with Gasteiger partial charge in [-0.2, -0.15) is 0 Å². The van der Waals surface area contributed by atoms with E-state index in [1.54, 1.807) is 0 Å². The van der Waals surface area contributed by atoms with Crippen molar-refractivity contribution < 1.29 is 4.79 Å². The van der Waals surface area contributed by atoms with Gasteiger partial charge in [-0.1, -0.05) is 6.42 Å². The first kappa shape index (κ1) is 14.8. The molecule has 2 fully saturated rings. The van der Waals surface area contributed by atoms with E-state index in [0.29, 0.717) is 6.42 Å². The Morgan fingerprint density at radius 1 is 1.16 bits per heavy atom. The molecule has 4 nitrogen and oxygen atoms in total. The molecule has 2 saturated heterocycles. The quantitative estimate of drug-likeness (QED) is 0.764. The van der Waals surface area contributed by atoms with E-state index in [9.17, 15) is 4.79 Å². The molecule has 0 bridgehead atoms. The standard InChI is InChI=1S/C15H29N3O/c19-15(5-4-14-6-8-16-9-7-14)17-10-13-18-11-2-1-3-12-18/h14,16H,1-13H2,(H,17,19). The molecule has 0 aromatic rings. The zero-order valence-electron chi connectivity index (χ0n) is 12.1. The molecular weight excluding hydrogens is 238 g/mol. The Hall–Kier alpha value is -0.610. The number of hydrogen-bond acceptors (Lipinski definition) is 3. The Morgan fingerprint density at radius 2 is 1.89 bits per heavy atom. The summed E-state index contributed by atoms with van der Waals surface area (Å²) in [6.07, 6.45) is 8.27. The SMILES string of the molecule is O=C(CCC1CCNCC1)NCCN1CCCCC1. The Kier molecular flexibility index (Phi) is 6.65. The van der Waals surface area contributed by atoms with Crippen LogP contribution in [-0.4, -0.2) is 50.1 Å². The van der Waals surface area contributed by atoms with Crippen molar-refractivity contribution >= 4 is 5.91 Å². The topological polar surface area (TPSA) is 44.4 Å². The van der Waals surface area contributed by atoms with E-state index >= 15 is 0 Å². The van der Waals surface area contributed by atoms with Gasteiger partial charge in [-0.3, -0.25) is 4.79 Å². The summed E-state index contributed by atoms with van der Waals surface area (Å²) in [4.78, 5) is 14.3. The van der Waals surface area contributed by atoms with Crippen LogP contribution in [-0.2, 0) is 4.79 Å². The van der Waals surface area contributed by atoms with E-state index in [4.69, 9.17) is 0 Å². The maximum absolute atomic E-state index is 11.8. The number of rotatable bonds is 6. The van der Waals surface area contributed by atoms with Gasteiger partial charge in [0.2, 0.25) is 5.91 Å². The predicted octanol–water partition coefficient (Wildman–Crippen LogP) is 1.37. The molecule has 0 aromatic carbocycles. The molecule has 2 heterocycles. The Bertz CT molecular complexity index is 258. The second kappa shape index (κ2) is 8.54. The molecule has 0 unspecified atom stereocenters. The number of hydrogen-bond donors (Lipinski definition) is 2. The number of carbonyl (C=O) groups excluding carboxylic acids is 1. The van der Waals surface area contributed by atoms with Crippen LogP contribution in [0.1, 0.15) is 44.9 Å². The van der Waals surface area contributed by atoms with E-state index in [1.165, 1.54) is 45.2 Å². The summed E-state index contributed by atoms with van der Waals surface area (Å²) in [7, 11) is 0. The first-order chi connectivity index (χ1) is 9.34. The Balaban J connectivity index is 1.49. The normalized spacial score (nSPS) is 22.3. The van der Waals surface area contributed by atoms with Gasteiger partial charge >= 0.3 is 0 Å². The second-order valence-corrected chi connectivity index (χ2v) is 5.98. The molecule has 0 aliphatic carbocycles. The minimum Gasteiger partial charge on any atom is -0.355 e. The molecule has 0 aromatic heterocycles. The zero-order chi connectivity index (χ0) is 13.3. The summed E-state index contributed by atoms with van der Waals surface area (Å²) in [6.45, 7) is 6.53. The molecule has 0 radical (unpaired) electrons. The number of carbonyl (C=O) groups is 1. The van der Waals surface area contributed by atoms with Gasteiger partial charge in [0.15, 0.2) is 0 Å². The van der Waals surface area contributed by atoms with Gasteiger partial charge in [0, 0.05) is 19.5 Å². The van der Waals surface area contributed by atoms with Crippen LogP contribution in [0.4, 0.5) is 0 Å². The molecule has 2 rings (SSSR count). The van der Waals surface area contributed by atoms with Crippen LogP contribution in [0, 0.1) is 5.92 Å². The molecule has 0 atom stereocenters. The van der Waals surface area contributed by atoms with Crippen LogP contribution in [0.3, 0.4) is 0 Å². The van der Waals surface area contributed by atoms with E-state index < -0.39 is 0 Å². The van der Waals surface area contributed by atoms with E-state index in [0.717, 1.165) is 38.5 Å². The fraction of sp³-hybridized carbons (Fsp3) is 0.933. The number of nitrogens with zero attached hydrogens (tertiary/aromatic N) is 1. The molecule has 0 saturated carbocycles. The van der Waals surface area contributed by atoms with Gasteiger partial charge in [-0.05, 0) is 64.2 Å². The molecule has 19 heavy (non-hydrogen) atoms. The Labute approximate surface area is 117 Å². The summed E-state index contributed by atoms with van der Waals surface area (Å²) >= 11 is 0. The van der Waals surface area contributed by atoms with Crippen molar-refractivity contribution in [3.63, 3.8) is 0 Å². The first-order valence-corrected chi connectivity index (χ1v) is 8.04. The van der Waals surface area contributed by atoms with E-state index in [2.05, 4.69) is 15.5 Å². The van der Waals surface area contributed by atoms with Crippen molar-refractivity contribution in [1.82, 2.24) is 15.5 Å². The zero-order valence-corrected chi connectivity index (χ0v) is 12.1. The number of likely N-dealkylation sites (tertiary alicyclic amines) is 1.